The fourth-order valence-corrected chi connectivity index (χ4v) is 2.00. The summed E-state index contributed by atoms with van der Waals surface area (Å²) in [6, 6.07) is 13.6. The molecule has 2 aromatic rings. The third-order valence-electron chi connectivity index (χ3n) is 3.20. The minimum atomic E-state index is -0.306. The molecule has 0 atom stereocenters. The molecular formula is C17H19FN2O2. The van der Waals surface area contributed by atoms with Crippen molar-refractivity contribution in [3.8, 4) is 5.75 Å². The average molecular weight is 302 g/mol. The standard InChI is InChI=1S/C17H19FN2O2/c1-22-16-7-5-13(6-8-16)9-10-19-17(21)20-12-14-3-2-4-15(18)11-14/h2-8,11H,9-10,12H2,1H3,(H2,19,20,21). The van der Waals surface area contributed by atoms with Crippen LogP contribution >= 0.6 is 0 Å². The summed E-state index contributed by atoms with van der Waals surface area (Å²) in [5.74, 6) is 0.503. The lowest BCUT2D eigenvalue weighted by atomic mass is 10.1. The van der Waals surface area contributed by atoms with Crippen LogP contribution in [0.5, 0.6) is 5.75 Å². The number of hydrogen-bond donors (Lipinski definition) is 2. The maximum Gasteiger partial charge on any atom is 0.315 e. The van der Waals surface area contributed by atoms with Crippen LogP contribution in [0, 0.1) is 5.82 Å². The van der Waals surface area contributed by atoms with Crippen LogP contribution in [0.4, 0.5) is 9.18 Å². The Hall–Kier alpha value is -2.56. The highest BCUT2D eigenvalue weighted by atomic mass is 19.1. The molecule has 0 fully saturated rings. The Labute approximate surface area is 129 Å². The van der Waals surface area contributed by atoms with Gasteiger partial charge in [-0.1, -0.05) is 24.3 Å². The summed E-state index contributed by atoms with van der Waals surface area (Å²) in [7, 11) is 1.62. The molecule has 0 radical (unpaired) electrons. The third-order valence-corrected chi connectivity index (χ3v) is 3.20. The zero-order chi connectivity index (χ0) is 15.8. The van der Waals surface area contributed by atoms with Gasteiger partial charge in [0.25, 0.3) is 0 Å². The molecule has 0 aliphatic carbocycles. The Balaban J connectivity index is 1.69. The highest BCUT2D eigenvalue weighted by Gasteiger charge is 2.01. The normalized spacial score (nSPS) is 10.1. The van der Waals surface area contributed by atoms with Crippen molar-refractivity contribution in [2.45, 2.75) is 13.0 Å². The van der Waals surface area contributed by atoms with Crippen molar-refractivity contribution >= 4 is 6.03 Å². The fourth-order valence-electron chi connectivity index (χ4n) is 2.00. The van der Waals surface area contributed by atoms with E-state index < -0.39 is 0 Å². The molecule has 0 heterocycles. The summed E-state index contributed by atoms with van der Waals surface area (Å²) < 4.78 is 18.1. The molecule has 22 heavy (non-hydrogen) atoms. The predicted octanol–water partition coefficient (Wildman–Crippen LogP) is 2.88. The van der Waals surface area contributed by atoms with E-state index in [4.69, 9.17) is 4.74 Å². The van der Waals surface area contributed by atoms with Gasteiger partial charge in [0, 0.05) is 13.1 Å². The molecule has 2 N–H and O–H groups in total. The number of benzene rings is 2. The Morgan fingerprint density at radius 1 is 1.09 bits per heavy atom. The third kappa shape index (κ3) is 5.09. The first-order chi connectivity index (χ1) is 10.7. The summed E-state index contributed by atoms with van der Waals surface area (Å²) in [5.41, 5.74) is 1.84. The molecular weight excluding hydrogens is 283 g/mol. The molecule has 2 rings (SSSR count). The molecule has 2 aromatic carbocycles. The molecule has 116 valence electrons. The zero-order valence-electron chi connectivity index (χ0n) is 12.4. The van der Waals surface area contributed by atoms with Crippen molar-refractivity contribution < 1.29 is 13.9 Å². The largest absolute Gasteiger partial charge is 0.497 e. The lowest BCUT2D eigenvalue weighted by Gasteiger charge is -2.08. The van der Waals surface area contributed by atoms with Crippen molar-refractivity contribution in [2.75, 3.05) is 13.7 Å². The van der Waals surface area contributed by atoms with Crippen LogP contribution in [0.2, 0.25) is 0 Å². The number of halogens is 1. The maximum absolute atomic E-state index is 13.0. The first-order valence-corrected chi connectivity index (χ1v) is 7.06. The Bertz CT molecular complexity index is 614. The Kier molecular flexibility index (Phi) is 5.77. The van der Waals surface area contributed by atoms with E-state index in [0.717, 1.165) is 23.3 Å². The number of carbonyl (C=O) groups is 1. The molecule has 0 bridgehead atoms. The van der Waals surface area contributed by atoms with Gasteiger partial charge in [0.2, 0.25) is 0 Å². The van der Waals surface area contributed by atoms with Crippen molar-refractivity contribution in [3.05, 3.63) is 65.5 Å². The lowest BCUT2D eigenvalue weighted by molar-refractivity contribution is 0.240. The quantitative estimate of drug-likeness (QED) is 0.862. The summed E-state index contributed by atoms with van der Waals surface area (Å²) >= 11 is 0. The van der Waals surface area contributed by atoms with Gasteiger partial charge in [-0.3, -0.25) is 0 Å². The number of carbonyl (C=O) groups excluding carboxylic acids is 1. The van der Waals surface area contributed by atoms with E-state index in [2.05, 4.69) is 10.6 Å². The van der Waals surface area contributed by atoms with E-state index in [1.54, 1.807) is 19.2 Å². The summed E-state index contributed by atoms with van der Waals surface area (Å²) in [6.45, 7) is 0.827. The van der Waals surface area contributed by atoms with Gasteiger partial charge in [0.15, 0.2) is 0 Å². The first-order valence-electron chi connectivity index (χ1n) is 7.06. The highest BCUT2D eigenvalue weighted by Crippen LogP contribution is 2.11. The van der Waals surface area contributed by atoms with Crippen LogP contribution in [0.1, 0.15) is 11.1 Å². The van der Waals surface area contributed by atoms with Crippen LogP contribution in [0.15, 0.2) is 48.5 Å². The number of hydrogen-bond acceptors (Lipinski definition) is 2. The van der Waals surface area contributed by atoms with Gasteiger partial charge >= 0.3 is 6.03 Å². The van der Waals surface area contributed by atoms with Gasteiger partial charge in [-0.05, 0) is 41.8 Å². The second-order valence-electron chi connectivity index (χ2n) is 4.84. The van der Waals surface area contributed by atoms with Gasteiger partial charge in [-0.25, -0.2) is 9.18 Å². The summed E-state index contributed by atoms with van der Waals surface area (Å²) in [5, 5.41) is 5.46. The molecule has 0 aliphatic rings. The van der Waals surface area contributed by atoms with Crippen molar-refractivity contribution in [1.29, 1.82) is 0 Å². The SMILES string of the molecule is COc1ccc(CCNC(=O)NCc2cccc(F)c2)cc1. The molecule has 0 saturated carbocycles. The second kappa shape index (κ2) is 8.02. The van der Waals surface area contributed by atoms with Gasteiger partial charge in [-0.2, -0.15) is 0 Å². The van der Waals surface area contributed by atoms with Gasteiger partial charge in [0.1, 0.15) is 11.6 Å². The maximum atomic E-state index is 13.0. The topological polar surface area (TPSA) is 50.4 Å². The summed E-state index contributed by atoms with van der Waals surface area (Å²) in [6.07, 6.45) is 0.734. The highest BCUT2D eigenvalue weighted by molar-refractivity contribution is 5.73. The summed E-state index contributed by atoms with van der Waals surface area (Å²) in [4.78, 5) is 11.7. The van der Waals surface area contributed by atoms with Crippen LogP contribution in [0.25, 0.3) is 0 Å². The first kappa shape index (κ1) is 15.8. The van der Waals surface area contributed by atoms with E-state index in [1.807, 2.05) is 24.3 Å². The van der Waals surface area contributed by atoms with Crippen LogP contribution in [0.3, 0.4) is 0 Å². The molecule has 0 aromatic heterocycles. The molecule has 4 nitrogen and oxygen atoms in total. The van der Waals surface area contributed by atoms with E-state index in [-0.39, 0.29) is 11.8 Å². The monoisotopic (exact) mass is 302 g/mol. The number of ether oxygens (including phenoxy) is 1. The molecule has 0 unspecified atom stereocenters. The van der Waals surface area contributed by atoms with Crippen LogP contribution in [-0.4, -0.2) is 19.7 Å². The number of amides is 2. The zero-order valence-corrected chi connectivity index (χ0v) is 12.4. The molecule has 0 aliphatic heterocycles. The second-order valence-corrected chi connectivity index (χ2v) is 4.84. The Morgan fingerprint density at radius 2 is 1.86 bits per heavy atom. The molecule has 2 amide bonds. The lowest BCUT2D eigenvalue weighted by Crippen LogP contribution is -2.36. The van der Waals surface area contributed by atoms with Crippen LogP contribution in [-0.2, 0) is 13.0 Å². The van der Waals surface area contributed by atoms with Gasteiger partial charge < -0.3 is 15.4 Å². The van der Waals surface area contributed by atoms with Gasteiger partial charge in [0.05, 0.1) is 7.11 Å². The van der Waals surface area contributed by atoms with E-state index in [0.29, 0.717) is 13.1 Å². The fraction of sp³-hybridized carbons (Fsp3) is 0.235. The number of rotatable bonds is 6. The Morgan fingerprint density at radius 3 is 2.55 bits per heavy atom. The number of methoxy groups -OCH3 is 1. The molecule has 0 spiro atoms. The van der Waals surface area contributed by atoms with Crippen molar-refractivity contribution in [2.24, 2.45) is 0 Å². The smallest absolute Gasteiger partial charge is 0.315 e. The number of urea groups is 1. The van der Waals surface area contributed by atoms with Crippen molar-refractivity contribution in [3.63, 3.8) is 0 Å². The minimum absolute atomic E-state index is 0.266. The molecule has 5 heteroatoms. The molecule has 0 saturated heterocycles. The van der Waals surface area contributed by atoms with E-state index >= 15 is 0 Å². The predicted molar refractivity (Wildman–Crippen MR) is 83.3 cm³/mol. The average Bonchev–Trinajstić information content (AvgIpc) is 2.54. The van der Waals surface area contributed by atoms with E-state index in [9.17, 15) is 9.18 Å². The van der Waals surface area contributed by atoms with E-state index in [1.165, 1.54) is 12.1 Å². The van der Waals surface area contributed by atoms with Crippen LogP contribution < -0.4 is 15.4 Å². The number of nitrogens with one attached hydrogen (secondary N) is 2. The van der Waals surface area contributed by atoms with Crippen molar-refractivity contribution in [1.82, 2.24) is 10.6 Å². The van der Waals surface area contributed by atoms with Gasteiger partial charge in [-0.15, -0.1) is 0 Å². The minimum Gasteiger partial charge on any atom is -0.497 e.